The molecule has 1 aliphatic carbocycles. The van der Waals surface area contributed by atoms with Crippen molar-refractivity contribution in [1.29, 1.82) is 0 Å². The molecule has 2 saturated heterocycles. The number of nitrogens with zero attached hydrogens (tertiary/aromatic N) is 1. The zero-order chi connectivity index (χ0) is 9.38. The van der Waals surface area contributed by atoms with E-state index in [1.54, 1.807) is 0 Å². The summed E-state index contributed by atoms with van der Waals surface area (Å²) in [6, 6.07) is 0.759. The molecular formula is C12H21NO. The molecular weight excluding hydrogens is 174 g/mol. The summed E-state index contributed by atoms with van der Waals surface area (Å²) in [6.45, 7) is 4.74. The van der Waals surface area contributed by atoms with Gasteiger partial charge in [0, 0.05) is 25.7 Å². The number of hydrogen-bond donors (Lipinski definition) is 0. The Bertz CT molecular complexity index is 188. The Morgan fingerprint density at radius 1 is 0.929 bits per heavy atom. The second kappa shape index (κ2) is 3.82. The maximum atomic E-state index is 5.57. The van der Waals surface area contributed by atoms with Gasteiger partial charge < -0.3 is 4.74 Å². The number of ether oxygens (including phenoxy) is 1. The monoisotopic (exact) mass is 195 g/mol. The molecule has 0 spiro atoms. The molecule has 0 amide bonds. The lowest BCUT2D eigenvalue weighted by atomic mass is 10.0. The van der Waals surface area contributed by atoms with Crippen LogP contribution in [0.5, 0.6) is 0 Å². The zero-order valence-corrected chi connectivity index (χ0v) is 8.95. The molecule has 0 N–H and O–H groups in total. The van der Waals surface area contributed by atoms with Gasteiger partial charge in [0.2, 0.25) is 0 Å². The normalized spacial score (nSPS) is 44.1. The fourth-order valence-electron chi connectivity index (χ4n) is 3.58. The molecule has 2 aliphatic heterocycles. The molecule has 0 aromatic carbocycles. The minimum Gasteiger partial charge on any atom is -0.380 e. The van der Waals surface area contributed by atoms with Crippen molar-refractivity contribution in [2.45, 2.75) is 38.1 Å². The van der Waals surface area contributed by atoms with Crippen molar-refractivity contribution < 1.29 is 4.74 Å². The van der Waals surface area contributed by atoms with E-state index in [2.05, 4.69) is 4.90 Å². The van der Waals surface area contributed by atoms with Crippen molar-refractivity contribution in [2.75, 3.05) is 26.3 Å². The van der Waals surface area contributed by atoms with E-state index in [9.17, 15) is 0 Å². The highest BCUT2D eigenvalue weighted by Gasteiger charge is 2.38. The summed E-state index contributed by atoms with van der Waals surface area (Å²) in [4.78, 5) is 2.72. The summed E-state index contributed by atoms with van der Waals surface area (Å²) in [7, 11) is 0. The topological polar surface area (TPSA) is 12.5 Å². The first kappa shape index (κ1) is 9.17. The molecule has 3 rings (SSSR count). The lowest BCUT2D eigenvalue weighted by Crippen LogP contribution is -2.40. The fourth-order valence-corrected chi connectivity index (χ4v) is 3.58. The summed E-state index contributed by atoms with van der Waals surface area (Å²) >= 11 is 0. The second-order valence-electron chi connectivity index (χ2n) is 5.28. The molecule has 1 saturated carbocycles. The van der Waals surface area contributed by atoms with Gasteiger partial charge in [0.05, 0.1) is 6.61 Å². The third kappa shape index (κ3) is 1.59. The van der Waals surface area contributed by atoms with Crippen LogP contribution in [-0.4, -0.2) is 37.2 Å². The van der Waals surface area contributed by atoms with Crippen LogP contribution in [-0.2, 0) is 4.74 Å². The standard InChI is InChI=1S/C12H21NO/c1-3-10-7-13(8-11(10)4-1)12-5-2-6-14-9-12/h10-12H,1-9H2/t10-,11+,12?. The first-order valence-electron chi connectivity index (χ1n) is 6.25. The van der Waals surface area contributed by atoms with E-state index < -0.39 is 0 Å². The first-order chi connectivity index (χ1) is 6.93. The molecule has 3 fully saturated rings. The van der Waals surface area contributed by atoms with Gasteiger partial charge in [0.1, 0.15) is 0 Å². The van der Waals surface area contributed by atoms with Crippen LogP contribution >= 0.6 is 0 Å². The molecule has 0 bridgehead atoms. The van der Waals surface area contributed by atoms with Gasteiger partial charge in [-0.1, -0.05) is 6.42 Å². The first-order valence-corrected chi connectivity index (χ1v) is 6.25. The largest absolute Gasteiger partial charge is 0.380 e. The van der Waals surface area contributed by atoms with Crippen molar-refractivity contribution in [2.24, 2.45) is 11.8 Å². The third-order valence-corrected chi connectivity index (χ3v) is 4.41. The van der Waals surface area contributed by atoms with Gasteiger partial charge in [0.15, 0.2) is 0 Å². The van der Waals surface area contributed by atoms with Gasteiger partial charge in [-0.05, 0) is 37.5 Å². The van der Waals surface area contributed by atoms with Crippen LogP contribution in [0.25, 0.3) is 0 Å². The van der Waals surface area contributed by atoms with E-state index in [1.165, 1.54) is 45.2 Å². The highest BCUT2D eigenvalue weighted by atomic mass is 16.5. The van der Waals surface area contributed by atoms with Crippen molar-refractivity contribution in [3.05, 3.63) is 0 Å². The van der Waals surface area contributed by atoms with Crippen LogP contribution in [0.15, 0.2) is 0 Å². The lowest BCUT2D eigenvalue weighted by molar-refractivity contribution is 0.0240. The summed E-state index contributed by atoms with van der Waals surface area (Å²) in [5.41, 5.74) is 0. The molecule has 0 aromatic heterocycles. The van der Waals surface area contributed by atoms with Crippen LogP contribution in [0.3, 0.4) is 0 Å². The van der Waals surface area contributed by atoms with Crippen LogP contribution in [0.2, 0.25) is 0 Å². The highest BCUT2D eigenvalue weighted by Crippen LogP contribution is 2.39. The van der Waals surface area contributed by atoms with Crippen LogP contribution < -0.4 is 0 Å². The number of hydrogen-bond acceptors (Lipinski definition) is 2. The van der Waals surface area contributed by atoms with Crippen LogP contribution in [0.1, 0.15) is 32.1 Å². The van der Waals surface area contributed by atoms with Crippen LogP contribution in [0.4, 0.5) is 0 Å². The molecule has 3 aliphatic rings. The molecule has 0 aromatic rings. The summed E-state index contributed by atoms with van der Waals surface area (Å²) in [5, 5.41) is 0. The maximum Gasteiger partial charge on any atom is 0.0621 e. The van der Waals surface area contributed by atoms with Crippen LogP contribution in [0, 0.1) is 11.8 Å². The summed E-state index contributed by atoms with van der Waals surface area (Å²) < 4.78 is 5.57. The smallest absolute Gasteiger partial charge is 0.0621 e. The zero-order valence-electron chi connectivity index (χ0n) is 8.95. The van der Waals surface area contributed by atoms with Crippen molar-refractivity contribution in [3.63, 3.8) is 0 Å². The molecule has 0 radical (unpaired) electrons. The molecule has 80 valence electrons. The fraction of sp³-hybridized carbons (Fsp3) is 1.00. The summed E-state index contributed by atoms with van der Waals surface area (Å²) in [5.74, 6) is 2.08. The summed E-state index contributed by atoms with van der Waals surface area (Å²) in [6.07, 6.45) is 7.13. The van der Waals surface area contributed by atoms with E-state index >= 15 is 0 Å². The Labute approximate surface area is 86.6 Å². The Balaban J connectivity index is 1.59. The van der Waals surface area contributed by atoms with Gasteiger partial charge in [-0.2, -0.15) is 0 Å². The van der Waals surface area contributed by atoms with Gasteiger partial charge in [0.25, 0.3) is 0 Å². The average Bonchev–Trinajstić information content (AvgIpc) is 2.78. The van der Waals surface area contributed by atoms with Gasteiger partial charge in [-0.25, -0.2) is 0 Å². The Hall–Kier alpha value is -0.0800. The molecule has 2 heterocycles. The van der Waals surface area contributed by atoms with Gasteiger partial charge in [-0.15, -0.1) is 0 Å². The van der Waals surface area contributed by atoms with E-state index in [1.807, 2.05) is 0 Å². The maximum absolute atomic E-state index is 5.57. The van der Waals surface area contributed by atoms with Crippen molar-refractivity contribution >= 4 is 0 Å². The van der Waals surface area contributed by atoms with Gasteiger partial charge >= 0.3 is 0 Å². The number of rotatable bonds is 1. The lowest BCUT2D eigenvalue weighted by Gasteiger charge is -2.31. The highest BCUT2D eigenvalue weighted by molar-refractivity contribution is 4.91. The predicted molar refractivity (Wildman–Crippen MR) is 56.2 cm³/mol. The Morgan fingerprint density at radius 3 is 2.36 bits per heavy atom. The molecule has 2 nitrogen and oxygen atoms in total. The van der Waals surface area contributed by atoms with Gasteiger partial charge in [-0.3, -0.25) is 4.90 Å². The SMILES string of the molecule is C1COCC(N2C[C@H]3CCC[C@H]3C2)C1. The van der Waals surface area contributed by atoms with E-state index in [0.29, 0.717) is 0 Å². The molecule has 14 heavy (non-hydrogen) atoms. The molecule has 3 atom stereocenters. The minimum atomic E-state index is 0.759. The Morgan fingerprint density at radius 2 is 1.71 bits per heavy atom. The molecule has 2 heteroatoms. The average molecular weight is 195 g/mol. The second-order valence-corrected chi connectivity index (χ2v) is 5.28. The van der Waals surface area contributed by atoms with E-state index in [0.717, 1.165) is 31.1 Å². The Kier molecular flexibility index (Phi) is 2.50. The molecule has 1 unspecified atom stereocenters. The third-order valence-electron chi connectivity index (χ3n) is 4.41. The quantitative estimate of drug-likeness (QED) is 0.633. The van der Waals surface area contributed by atoms with E-state index in [-0.39, 0.29) is 0 Å². The predicted octanol–water partition coefficient (Wildman–Crippen LogP) is 1.90. The number of fused-ring (bicyclic) bond motifs is 1. The van der Waals surface area contributed by atoms with Crippen molar-refractivity contribution in [3.8, 4) is 0 Å². The van der Waals surface area contributed by atoms with Crippen molar-refractivity contribution in [1.82, 2.24) is 4.90 Å². The minimum absolute atomic E-state index is 0.759. The van der Waals surface area contributed by atoms with E-state index in [4.69, 9.17) is 4.74 Å². The number of likely N-dealkylation sites (tertiary alicyclic amines) is 1.